The van der Waals surface area contributed by atoms with Gasteiger partial charge in [0, 0.05) is 17.2 Å². The highest BCUT2D eigenvalue weighted by Gasteiger charge is 2.21. The van der Waals surface area contributed by atoms with E-state index >= 15 is 0 Å². The highest BCUT2D eigenvalue weighted by molar-refractivity contribution is 7.13. The van der Waals surface area contributed by atoms with E-state index in [4.69, 9.17) is 0 Å². The monoisotopic (exact) mass is 417 g/mol. The molecule has 0 radical (unpaired) electrons. The summed E-state index contributed by atoms with van der Waals surface area (Å²) in [4.78, 5) is 33.7. The van der Waals surface area contributed by atoms with Gasteiger partial charge in [-0.3, -0.25) is 14.6 Å². The van der Waals surface area contributed by atoms with Crippen molar-refractivity contribution >= 4 is 23.1 Å². The lowest BCUT2D eigenvalue weighted by Crippen LogP contribution is -2.21. The van der Waals surface area contributed by atoms with Crippen molar-refractivity contribution in [1.82, 2.24) is 19.7 Å². The highest BCUT2D eigenvalue weighted by Crippen LogP contribution is 2.28. The number of hydrogen-bond donors (Lipinski definition) is 2. The predicted octanol–water partition coefficient (Wildman–Crippen LogP) is 3.73. The van der Waals surface area contributed by atoms with Gasteiger partial charge in [0.1, 0.15) is 11.5 Å². The van der Waals surface area contributed by atoms with Crippen molar-refractivity contribution < 1.29 is 4.79 Å². The number of fused-ring (bicyclic) bond motifs is 1. The minimum Gasteiger partial charge on any atom is -0.306 e. The SMILES string of the molecule is Cc1ccc(C(=O)Nc2cc(-c3cccs3)nn2-c2nc3c(c(=O)[nH]2)CCC3)cc1. The molecule has 5 rings (SSSR count). The fourth-order valence-electron chi connectivity index (χ4n) is 3.60. The Labute approximate surface area is 176 Å². The molecule has 2 N–H and O–H groups in total. The first-order valence-corrected chi connectivity index (χ1v) is 10.6. The van der Waals surface area contributed by atoms with Crippen LogP contribution in [0.2, 0.25) is 0 Å². The molecule has 0 aliphatic heterocycles. The number of hydrogen-bond acceptors (Lipinski definition) is 5. The minimum absolute atomic E-state index is 0.142. The molecule has 1 aliphatic carbocycles. The molecule has 8 heteroatoms. The number of nitrogens with one attached hydrogen (secondary N) is 2. The summed E-state index contributed by atoms with van der Waals surface area (Å²) in [5, 5.41) is 9.52. The van der Waals surface area contributed by atoms with Crippen LogP contribution in [0.5, 0.6) is 0 Å². The van der Waals surface area contributed by atoms with Gasteiger partial charge < -0.3 is 5.32 Å². The Morgan fingerprint density at radius 2 is 2.03 bits per heavy atom. The normalized spacial score (nSPS) is 12.7. The predicted molar refractivity (Wildman–Crippen MR) is 116 cm³/mol. The van der Waals surface area contributed by atoms with E-state index < -0.39 is 0 Å². The van der Waals surface area contributed by atoms with Crippen molar-refractivity contribution in [1.29, 1.82) is 0 Å². The molecule has 0 atom stereocenters. The van der Waals surface area contributed by atoms with Crippen LogP contribution in [0.15, 0.2) is 52.6 Å². The van der Waals surface area contributed by atoms with E-state index in [0.29, 0.717) is 23.0 Å². The van der Waals surface area contributed by atoms with Crippen LogP contribution >= 0.6 is 11.3 Å². The van der Waals surface area contributed by atoms with Crippen molar-refractivity contribution in [2.45, 2.75) is 26.2 Å². The lowest BCUT2D eigenvalue weighted by atomic mass is 10.1. The summed E-state index contributed by atoms with van der Waals surface area (Å²) in [5.41, 5.74) is 3.73. The quantitative estimate of drug-likeness (QED) is 0.529. The zero-order chi connectivity index (χ0) is 20.7. The van der Waals surface area contributed by atoms with Gasteiger partial charge in [-0.1, -0.05) is 23.8 Å². The number of carbonyl (C=O) groups excluding carboxylic acids is 1. The molecular weight excluding hydrogens is 398 g/mol. The van der Waals surface area contributed by atoms with Gasteiger partial charge in [0.2, 0.25) is 5.95 Å². The Morgan fingerprint density at radius 3 is 2.80 bits per heavy atom. The maximum atomic E-state index is 12.8. The van der Waals surface area contributed by atoms with E-state index in [1.807, 2.05) is 36.6 Å². The second-order valence-corrected chi connectivity index (χ2v) is 8.24. The van der Waals surface area contributed by atoms with Crippen LogP contribution < -0.4 is 10.9 Å². The van der Waals surface area contributed by atoms with Crippen LogP contribution in [0, 0.1) is 6.92 Å². The number of thiophene rings is 1. The molecule has 7 nitrogen and oxygen atoms in total. The molecule has 0 spiro atoms. The molecule has 3 aromatic heterocycles. The van der Waals surface area contributed by atoms with Crippen LogP contribution in [0.25, 0.3) is 16.5 Å². The van der Waals surface area contributed by atoms with Crippen LogP contribution in [-0.4, -0.2) is 25.7 Å². The Hall–Kier alpha value is -3.52. The lowest BCUT2D eigenvalue weighted by Gasteiger charge is -2.09. The summed E-state index contributed by atoms with van der Waals surface area (Å²) in [6.45, 7) is 1.97. The van der Waals surface area contributed by atoms with Crippen molar-refractivity contribution in [2.75, 3.05) is 5.32 Å². The van der Waals surface area contributed by atoms with Crippen LogP contribution in [0.1, 0.15) is 33.6 Å². The average molecular weight is 417 g/mol. The number of H-pyrrole nitrogens is 1. The molecule has 30 heavy (non-hydrogen) atoms. The average Bonchev–Trinajstić information content (AvgIpc) is 3.48. The maximum absolute atomic E-state index is 12.8. The molecule has 0 saturated heterocycles. The van der Waals surface area contributed by atoms with E-state index in [-0.39, 0.29) is 11.5 Å². The summed E-state index contributed by atoms with van der Waals surface area (Å²) in [6.07, 6.45) is 2.44. The highest BCUT2D eigenvalue weighted by atomic mass is 32.1. The largest absolute Gasteiger partial charge is 0.306 e. The first-order chi connectivity index (χ1) is 14.6. The number of carbonyl (C=O) groups is 1. The van der Waals surface area contributed by atoms with Gasteiger partial charge in [-0.2, -0.15) is 9.78 Å². The zero-order valence-electron chi connectivity index (χ0n) is 16.3. The van der Waals surface area contributed by atoms with E-state index in [9.17, 15) is 9.59 Å². The Kier molecular flexibility index (Phi) is 4.55. The summed E-state index contributed by atoms with van der Waals surface area (Å²) >= 11 is 1.55. The second kappa shape index (κ2) is 7.38. The minimum atomic E-state index is -0.252. The summed E-state index contributed by atoms with van der Waals surface area (Å²) in [7, 11) is 0. The van der Waals surface area contributed by atoms with Crippen molar-refractivity contribution in [3.8, 4) is 16.5 Å². The third kappa shape index (κ3) is 3.35. The van der Waals surface area contributed by atoms with Crippen LogP contribution in [0.4, 0.5) is 5.82 Å². The lowest BCUT2D eigenvalue weighted by molar-refractivity contribution is 0.102. The molecule has 1 aromatic carbocycles. The number of aromatic amines is 1. The fourth-order valence-corrected chi connectivity index (χ4v) is 4.28. The molecule has 0 unspecified atom stereocenters. The molecule has 0 bridgehead atoms. The molecular formula is C22H19N5O2S. The number of nitrogens with zero attached hydrogens (tertiary/aromatic N) is 3. The Bertz CT molecular complexity index is 1290. The summed E-state index contributed by atoms with van der Waals surface area (Å²) in [6, 6.07) is 13.0. The Morgan fingerprint density at radius 1 is 1.20 bits per heavy atom. The second-order valence-electron chi connectivity index (χ2n) is 7.29. The van der Waals surface area contributed by atoms with E-state index in [2.05, 4.69) is 20.4 Å². The molecule has 0 saturated carbocycles. The van der Waals surface area contributed by atoms with Crippen molar-refractivity contribution in [2.24, 2.45) is 0 Å². The number of aromatic nitrogens is 4. The van der Waals surface area contributed by atoms with Crippen molar-refractivity contribution in [3.63, 3.8) is 0 Å². The third-order valence-electron chi connectivity index (χ3n) is 5.17. The van der Waals surface area contributed by atoms with Gasteiger partial charge in [-0.25, -0.2) is 4.98 Å². The van der Waals surface area contributed by atoms with Crippen LogP contribution in [0.3, 0.4) is 0 Å². The van der Waals surface area contributed by atoms with Gasteiger partial charge in [-0.15, -0.1) is 11.3 Å². The van der Waals surface area contributed by atoms with E-state index in [1.54, 1.807) is 29.5 Å². The van der Waals surface area contributed by atoms with E-state index in [1.165, 1.54) is 4.68 Å². The number of benzene rings is 1. The third-order valence-corrected chi connectivity index (χ3v) is 6.06. The fraction of sp³-hybridized carbons (Fsp3) is 0.182. The Balaban J connectivity index is 1.58. The number of rotatable bonds is 4. The molecule has 3 heterocycles. The maximum Gasteiger partial charge on any atom is 0.256 e. The molecule has 0 fully saturated rings. The summed E-state index contributed by atoms with van der Waals surface area (Å²) in [5.74, 6) is 0.505. The smallest absolute Gasteiger partial charge is 0.256 e. The van der Waals surface area contributed by atoms with Gasteiger partial charge in [0.25, 0.3) is 11.5 Å². The zero-order valence-corrected chi connectivity index (χ0v) is 17.1. The van der Waals surface area contributed by atoms with Crippen molar-refractivity contribution in [3.05, 3.63) is 80.6 Å². The number of aryl methyl sites for hydroxylation is 2. The molecule has 150 valence electrons. The first kappa shape index (κ1) is 18.5. The first-order valence-electron chi connectivity index (χ1n) is 9.73. The topological polar surface area (TPSA) is 92.7 Å². The number of anilines is 1. The molecule has 1 aliphatic rings. The van der Waals surface area contributed by atoms with Gasteiger partial charge >= 0.3 is 0 Å². The number of amides is 1. The molecule has 4 aromatic rings. The van der Waals surface area contributed by atoms with Crippen LogP contribution in [-0.2, 0) is 12.8 Å². The van der Waals surface area contributed by atoms with Gasteiger partial charge in [-0.05, 0) is 49.8 Å². The summed E-state index contributed by atoms with van der Waals surface area (Å²) < 4.78 is 1.50. The molecule has 1 amide bonds. The van der Waals surface area contributed by atoms with Gasteiger partial charge in [0.15, 0.2) is 0 Å². The standard InChI is InChI=1S/C22H19N5O2S/c1-13-7-9-14(10-8-13)20(28)24-19-12-17(18-6-3-11-30-18)26-27(19)22-23-16-5-2-4-15(16)21(29)25-22/h3,6-12H,2,4-5H2,1H3,(H,24,28)(H,23,25,29). The van der Waals surface area contributed by atoms with E-state index in [0.717, 1.165) is 41.0 Å². The van der Waals surface area contributed by atoms with Gasteiger partial charge in [0.05, 0.1) is 10.6 Å².